The Kier molecular flexibility index (Phi) is 3.82. The molecule has 16 heavy (non-hydrogen) atoms. The van der Waals surface area contributed by atoms with E-state index in [4.69, 9.17) is 0 Å². The summed E-state index contributed by atoms with van der Waals surface area (Å²) in [6, 6.07) is 2.22. The zero-order valence-electron chi connectivity index (χ0n) is 9.96. The van der Waals surface area contributed by atoms with Gasteiger partial charge in [-0.25, -0.2) is 0 Å². The molecular weight excluding hydrogens is 216 g/mol. The van der Waals surface area contributed by atoms with E-state index in [0.717, 1.165) is 23.3 Å². The first-order valence-electron chi connectivity index (χ1n) is 6.17. The van der Waals surface area contributed by atoms with Crippen LogP contribution in [0.4, 0.5) is 0 Å². The molecule has 88 valence electrons. The minimum absolute atomic E-state index is 0.331. The summed E-state index contributed by atoms with van der Waals surface area (Å²) in [6.07, 6.45) is 6.38. The molecule has 0 spiro atoms. The van der Waals surface area contributed by atoms with Crippen LogP contribution in [-0.4, -0.2) is 5.11 Å². The van der Waals surface area contributed by atoms with Crippen LogP contribution in [0.5, 0.6) is 0 Å². The van der Waals surface area contributed by atoms with Gasteiger partial charge in [-0.1, -0.05) is 19.1 Å². The summed E-state index contributed by atoms with van der Waals surface area (Å²) in [5, 5.41) is 10.1. The van der Waals surface area contributed by atoms with Gasteiger partial charge in [0.1, 0.15) is 0 Å². The van der Waals surface area contributed by atoms with Gasteiger partial charge in [-0.05, 0) is 50.2 Å². The van der Waals surface area contributed by atoms with Gasteiger partial charge in [-0.3, -0.25) is 0 Å². The average molecular weight is 236 g/mol. The lowest BCUT2D eigenvalue weighted by Gasteiger charge is -2.09. The third-order valence-electron chi connectivity index (χ3n) is 3.33. The lowest BCUT2D eigenvalue weighted by atomic mass is 9.98. The van der Waals surface area contributed by atoms with E-state index in [1.807, 2.05) is 0 Å². The van der Waals surface area contributed by atoms with Crippen molar-refractivity contribution in [2.24, 2.45) is 0 Å². The summed E-state index contributed by atoms with van der Waals surface area (Å²) < 4.78 is 0. The first kappa shape index (κ1) is 11.9. The van der Waals surface area contributed by atoms with Crippen LogP contribution >= 0.6 is 11.3 Å². The summed E-state index contributed by atoms with van der Waals surface area (Å²) >= 11 is 1.80. The number of hydrogen-bond acceptors (Lipinski definition) is 2. The van der Waals surface area contributed by atoms with Crippen LogP contribution in [0.15, 0.2) is 18.2 Å². The maximum absolute atomic E-state index is 10.1. The Labute approximate surface area is 102 Å². The maximum atomic E-state index is 10.1. The highest BCUT2D eigenvalue weighted by molar-refractivity contribution is 7.12. The van der Waals surface area contributed by atoms with Crippen LogP contribution in [0.25, 0.3) is 0 Å². The molecule has 0 saturated carbocycles. The minimum Gasteiger partial charge on any atom is -0.387 e. The Balaban J connectivity index is 2.08. The largest absolute Gasteiger partial charge is 0.387 e. The fourth-order valence-corrected chi connectivity index (χ4v) is 3.44. The van der Waals surface area contributed by atoms with Crippen molar-refractivity contribution in [3.63, 3.8) is 0 Å². The third kappa shape index (κ3) is 2.55. The van der Waals surface area contributed by atoms with Gasteiger partial charge >= 0.3 is 0 Å². The molecule has 2 rings (SSSR count). The Morgan fingerprint density at radius 1 is 1.50 bits per heavy atom. The first-order valence-corrected chi connectivity index (χ1v) is 6.98. The molecule has 2 heteroatoms. The maximum Gasteiger partial charge on any atom is 0.0919 e. The van der Waals surface area contributed by atoms with Gasteiger partial charge < -0.3 is 5.11 Å². The molecule has 0 aromatic carbocycles. The highest BCUT2D eigenvalue weighted by Crippen LogP contribution is 2.34. The summed E-state index contributed by atoms with van der Waals surface area (Å²) in [6.45, 7) is 6.06. The Morgan fingerprint density at radius 2 is 2.25 bits per heavy atom. The standard InChI is InChI=1S/C14H20OS/c1-3-10(2)8-12(15)14-9-11-6-4-5-7-13(11)16-14/h9,12,15H,2-8H2,1H3. The summed E-state index contributed by atoms with van der Waals surface area (Å²) in [5.41, 5.74) is 2.62. The number of hydrogen-bond donors (Lipinski definition) is 1. The number of aliphatic hydroxyl groups excluding tert-OH is 1. The van der Waals surface area contributed by atoms with Crippen molar-refractivity contribution in [1.82, 2.24) is 0 Å². The second kappa shape index (κ2) is 5.15. The zero-order valence-corrected chi connectivity index (χ0v) is 10.8. The second-order valence-corrected chi connectivity index (χ2v) is 5.80. The number of aryl methyl sites for hydroxylation is 2. The summed E-state index contributed by atoms with van der Waals surface area (Å²) in [5.74, 6) is 0. The van der Waals surface area contributed by atoms with Crippen molar-refractivity contribution >= 4 is 11.3 Å². The predicted octanol–water partition coefficient (Wildman–Crippen LogP) is 4.02. The SMILES string of the molecule is C=C(CC)CC(O)c1cc2c(s1)CCCC2. The molecule has 0 amide bonds. The number of aliphatic hydroxyl groups is 1. The topological polar surface area (TPSA) is 20.2 Å². The van der Waals surface area contributed by atoms with Gasteiger partial charge in [0.2, 0.25) is 0 Å². The third-order valence-corrected chi connectivity index (χ3v) is 4.66. The molecule has 1 unspecified atom stereocenters. The van der Waals surface area contributed by atoms with Crippen molar-refractivity contribution in [1.29, 1.82) is 0 Å². The molecule has 0 aliphatic heterocycles. The molecule has 1 nitrogen and oxygen atoms in total. The number of thiophene rings is 1. The van der Waals surface area contributed by atoms with Gasteiger partial charge in [-0.15, -0.1) is 11.3 Å². The molecule has 1 heterocycles. The zero-order chi connectivity index (χ0) is 11.5. The molecular formula is C14H20OS. The molecule has 1 aliphatic carbocycles. The van der Waals surface area contributed by atoms with E-state index in [0.29, 0.717) is 0 Å². The van der Waals surface area contributed by atoms with Gasteiger partial charge in [-0.2, -0.15) is 0 Å². The Morgan fingerprint density at radius 3 is 2.94 bits per heavy atom. The lowest BCUT2D eigenvalue weighted by molar-refractivity contribution is 0.181. The molecule has 1 aromatic heterocycles. The van der Waals surface area contributed by atoms with E-state index >= 15 is 0 Å². The van der Waals surface area contributed by atoms with Crippen LogP contribution in [-0.2, 0) is 12.8 Å². The quantitative estimate of drug-likeness (QED) is 0.783. The Bertz CT molecular complexity index is 355. The van der Waals surface area contributed by atoms with Crippen molar-refractivity contribution in [2.75, 3.05) is 0 Å². The lowest BCUT2D eigenvalue weighted by Crippen LogP contribution is -1.97. The van der Waals surface area contributed by atoms with E-state index in [1.165, 1.54) is 36.1 Å². The molecule has 0 saturated heterocycles. The molecule has 0 bridgehead atoms. The van der Waals surface area contributed by atoms with Crippen molar-refractivity contribution in [3.8, 4) is 0 Å². The normalized spacial score (nSPS) is 16.9. The number of rotatable bonds is 4. The van der Waals surface area contributed by atoms with Crippen LogP contribution in [0, 0.1) is 0 Å². The Hall–Kier alpha value is -0.600. The fraction of sp³-hybridized carbons (Fsp3) is 0.571. The average Bonchev–Trinajstić information content (AvgIpc) is 2.72. The predicted molar refractivity (Wildman–Crippen MR) is 70.0 cm³/mol. The molecule has 1 N–H and O–H groups in total. The van der Waals surface area contributed by atoms with E-state index in [-0.39, 0.29) is 6.10 Å². The van der Waals surface area contributed by atoms with Crippen LogP contribution in [0.1, 0.15) is 54.0 Å². The van der Waals surface area contributed by atoms with Crippen LogP contribution in [0.2, 0.25) is 0 Å². The van der Waals surface area contributed by atoms with Crippen molar-refractivity contribution in [2.45, 2.75) is 51.6 Å². The molecule has 0 radical (unpaired) electrons. The van der Waals surface area contributed by atoms with Crippen molar-refractivity contribution in [3.05, 3.63) is 33.5 Å². The van der Waals surface area contributed by atoms with E-state index in [1.54, 1.807) is 11.3 Å². The van der Waals surface area contributed by atoms with Gasteiger partial charge in [0.05, 0.1) is 6.10 Å². The molecule has 0 fully saturated rings. The fourth-order valence-electron chi connectivity index (χ4n) is 2.20. The number of fused-ring (bicyclic) bond motifs is 1. The molecule has 1 aliphatic rings. The second-order valence-electron chi connectivity index (χ2n) is 4.63. The summed E-state index contributed by atoms with van der Waals surface area (Å²) in [4.78, 5) is 2.64. The van der Waals surface area contributed by atoms with Crippen molar-refractivity contribution < 1.29 is 5.11 Å². The summed E-state index contributed by atoms with van der Waals surface area (Å²) in [7, 11) is 0. The smallest absolute Gasteiger partial charge is 0.0919 e. The van der Waals surface area contributed by atoms with E-state index < -0.39 is 0 Å². The minimum atomic E-state index is -0.331. The first-order chi connectivity index (χ1) is 7.70. The van der Waals surface area contributed by atoms with Crippen LogP contribution in [0.3, 0.4) is 0 Å². The van der Waals surface area contributed by atoms with Gasteiger partial charge in [0.25, 0.3) is 0 Å². The monoisotopic (exact) mass is 236 g/mol. The van der Waals surface area contributed by atoms with Gasteiger partial charge in [0, 0.05) is 9.75 Å². The highest BCUT2D eigenvalue weighted by atomic mass is 32.1. The highest BCUT2D eigenvalue weighted by Gasteiger charge is 2.17. The van der Waals surface area contributed by atoms with E-state index in [9.17, 15) is 5.11 Å². The van der Waals surface area contributed by atoms with Gasteiger partial charge in [0.15, 0.2) is 0 Å². The van der Waals surface area contributed by atoms with E-state index in [2.05, 4.69) is 19.6 Å². The van der Waals surface area contributed by atoms with Crippen LogP contribution < -0.4 is 0 Å². The molecule has 1 aromatic rings. The molecule has 1 atom stereocenters.